The summed E-state index contributed by atoms with van der Waals surface area (Å²) in [6, 6.07) is 14.4. The van der Waals surface area contributed by atoms with Crippen LogP contribution in [0, 0.1) is 0 Å². The Hall–Kier alpha value is -2.88. The van der Waals surface area contributed by atoms with Crippen LogP contribution in [0.25, 0.3) is 0 Å². The molecule has 0 bridgehead atoms. The van der Waals surface area contributed by atoms with Gasteiger partial charge in [-0.15, -0.1) is 0 Å². The topological polar surface area (TPSA) is 46.9 Å². The van der Waals surface area contributed by atoms with Crippen molar-refractivity contribution in [2.45, 2.75) is 38.8 Å². The van der Waals surface area contributed by atoms with Crippen LogP contribution in [0.2, 0.25) is 0 Å². The van der Waals surface area contributed by atoms with Crippen LogP contribution in [0.1, 0.15) is 45.5 Å². The van der Waals surface area contributed by atoms with E-state index >= 15 is 0 Å². The minimum Gasteiger partial charge on any atom is -0.348 e. The highest BCUT2D eigenvalue weighted by molar-refractivity contribution is 5.94. The lowest BCUT2D eigenvalue weighted by Gasteiger charge is -2.16. The zero-order valence-corrected chi connectivity index (χ0v) is 14.8. The number of fused-ring (bicyclic) bond motifs is 1. The number of imidazole rings is 1. The third-order valence-electron chi connectivity index (χ3n) is 5.08. The fourth-order valence-electron chi connectivity index (χ4n) is 3.61. The van der Waals surface area contributed by atoms with Gasteiger partial charge < -0.3 is 9.88 Å². The molecule has 0 atom stereocenters. The lowest BCUT2D eigenvalue weighted by atomic mass is 9.90. The minimum absolute atomic E-state index is 0.00388. The molecule has 0 saturated carbocycles. The van der Waals surface area contributed by atoms with E-state index in [2.05, 4.69) is 34.6 Å². The largest absolute Gasteiger partial charge is 0.348 e. The Kier molecular flexibility index (Phi) is 4.82. The molecule has 1 aromatic heterocycles. The predicted octanol–water partition coefficient (Wildman–Crippen LogP) is 3.74. The first-order valence-electron chi connectivity index (χ1n) is 9.22. The lowest BCUT2D eigenvalue weighted by molar-refractivity contribution is 0.0950. The van der Waals surface area contributed by atoms with Crippen LogP contribution < -0.4 is 5.32 Å². The van der Waals surface area contributed by atoms with E-state index in [4.69, 9.17) is 0 Å². The molecule has 1 N–H and O–H groups in total. The first-order valence-corrected chi connectivity index (χ1v) is 9.22. The second-order valence-electron chi connectivity index (χ2n) is 6.88. The number of nitrogens with zero attached hydrogens (tertiary/aromatic N) is 2. The van der Waals surface area contributed by atoms with E-state index in [1.807, 2.05) is 35.3 Å². The molecule has 132 valence electrons. The maximum absolute atomic E-state index is 12.6. The summed E-state index contributed by atoms with van der Waals surface area (Å²) < 4.78 is 2.03. The molecule has 3 aromatic rings. The normalized spacial score (nSPS) is 13.2. The third kappa shape index (κ3) is 3.69. The molecule has 26 heavy (non-hydrogen) atoms. The van der Waals surface area contributed by atoms with Crippen molar-refractivity contribution in [3.8, 4) is 0 Å². The van der Waals surface area contributed by atoms with Crippen molar-refractivity contribution in [2.75, 3.05) is 0 Å². The molecule has 1 amide bonds. The maximum Gasteiger partial charge on any atom is 0.251 e. The van der Waals surface area contributed by atoms with E-state index in [1.54, 1.807) is 6.20 Å². The highest BCUT2D eigenvalue weighted by Gasteiger charge is 2.13. The van der Waals surface area contributed by atoms with Gasteiger partial charge >= 0.3 is 0 Å². The first-order chi connectivity index (χ1) is 12.8. The van der Waals surface area contributed by atoms with Gasteiger partial charge in [-0.3, -0.25) is 4.79 Å². The molecule has 0 saturated heterocycles. The van der Waals surface area contributed by atoms with E-state index in [9.17, 15) is 4.79 Å². The number of amides is 1. The van der Waals surface area contributed by atoms with Crippen molar-refractivity contribution < 1.29 is 4.79 Å². The van der Waals surface area contributed by atoms with E-state index in [0.717, 1.165) is 30.5 Å². The zero-order chi connectivity index (χ0) is 17.8. The molecule has 1 heterocycles. The smallest absolute Gasteiger partial charge is 0.251 e. The summed E-state index contributed by atoms with van der Waals surface area (Å²) >= 11 is 0. The van der Waals surface area contributed by atoms with E-state index in [-0.39, 0.29) is 5.91 Å². The Bertz CT molecular complexity index is 900. The minimum atomic E-state index is -0.00388. The van der Waals surface area contributed by atoms with Crippen molar-refractivity contribution in [1.29, 1.82) is 0 Å². The van der Waals surface area contributed by atoms with Crippen molar-refractivity contribution in [3.63, 3.8) is 0 Å². The Morgan fingerprint density at radius 3 is 2.65 bits per heavy atom. The molecule has 0 fully saturated rings. The van der Waals surface area contributed by atoms with Gasteiger partial charge in [0.1, 0.15) is 0 Å². The Morgan fingerprint density at radius 1 is 1.04 bits per heavy atom. The van der Waals surface area contributed by atoms with Crippen molar-refractivity contribution in [1.82, 2.24) is 14.9 Å². The number of benzene rings is 2. The van der Waals surface area contributed by atoms with E-state index in [1.165, 1.54) is 29.5 Å². The van der Waals surface area contributed by atoms with Gasteiger partial charge in [0.15, 0.2) is 0 Å². The molecule has 4 nitrogen and oxygen atoms in total. The number of carbonyl (C=O) groups is 1. The highest BCUT2D eigenvalue weighted by atomic mass is 16.1. The average molecular weight is 345 g/mol. The highest BCUT2D eigenvalue weighted by Crippen LogP contribution is 2.22. The van der Waals surface area contributed by atoms with Crippen LogP contribution in [0.4, 0.5) is 0 Å². The summed E-state index contributed by atoms with van der Waals surface area (Å²) in [7, 11) is 0. The van der Waals surface area contributed by atoms with Gasteiger partial charge in [-0.1, -0.05) is 30.3 Å². The van der Waals surface area contributed by atoms with Crippen LogP contribution in [0.5, 0.6) is 0 Å². The second-order valence-corrected chi connectivity index (χ2v) is 6.88. The lowest BCUT2D eigenvalue weighted by Crippen LogP contribution is -2.24. The molecule has 0 aliphatic heterocycles. The van der Waals surface area contributed by atoms with Gasteiger partial charge in [-0.25, -0.2) is 4.98 Å². The van der Waals surface area contributed by atoms with E-state index < -0.39 is 0 Å². The summed E-state index contributed by atoms with van der Waals surface area (Å²) in [6.45, 7) is 1.28. The van der Waals surface area contributed by atoms with E-state index in [0.29, 0.717) is 6.54 Å². The molecule has 0 unspecified atom stereocenters. The summed E-state index contributed by atoms with van der Waals surface area (Å²) in [4.78, 5) is 16.7. The summed E-state index contributed by atoms with van der Waals surface area (Å²) in [5.41, 5.74) is 5.82. The predicted molar refractivity (Wildman–Crippen MR) is 102 cm³/mol. The molecule has 4 heteroatoms. The molecule has 0 radical (unpaired) electrons. The average Bonchev–Trinajstić information content (AvgIpc) is 3.20. The number of hydrogen-bond donors (Lipinski definition) is 1. The number of rotatable bonds is 5. The third-order valence-corrected chi connectivity index (χ3v) is 5.08. The van der Waals surface area contributed by atoms with Gasteiger partial charge in [0.05, 0.1) is 6.33 Å². The number of nitrogens with one attached hydrogen (secondary N) is 1. The number of carbonyl (C=O) groups excluding carboxylic acids is 1. The van der Waals surface area contributed by atoms with Crippen LogP contribution in [-0.4, -0.2) is 15.5 Å². The Balaban J connectivity index is 1.45. The van der Waals surface area contributed by atoms with Gasteiger partial charge in [0.25, 0.3) is 5.91 Å². The quantitative estimate of drug-likeness (QED) is 0.766. The van der Waals surface area contributed by atoms with Crippen LogP contribution in [0.3, 0.4) is 0 Å². The van der Waals surface area contributed by atoms with Crippen molar-refractivity contribution >= 4 is 5.91 Å². The standard InChI is InChI=1S/C22H23N3O/c26-22(19-10-9-17-5-1-2-6-18(17)13-19)24-14-20-7-3-4-8-21(20)15-25-12-11-23-16-25/h3-4,7-13,16H,1-2,5-6,14-15H2,(H,24,26). The fraction of sp³-hybridized carbons (Fsp3) is 0.273. The Labute approximate surface area is 153 Å². The van der Waals surface area contributed by atoms with Crippen LogP contribution >= 0.6 is 0 Å². The molecule has 4 rings (SSSR count). The van der Waals surface area contributed by atoms with Gasteiger partial charge in [0, 0.05) is 31.0 Å². The first kappa shape index (κ1) is 16.6. The number of aromatic nitrogens is 2. The molecule has 1 aliphatic carbocycles. The SMILES string of the molecule is O=C(NCc1ccccc1Cn1ccnc1)c1ccc2c(c1)CCCC2. The van der Waals surface area contributed by atoms with Gasteiger partial charge in [0.2, 0.25) is 0 Å². The second kappa shape index (κ2) is 7.56. The van der Waals surface area contributed by atoms with Crippen molar-refractivity contribution in [2.24, 2.45) is 0 Å². The van der Waals surface area contributed by atoms with Gasteiger partial charge in [-0.2, -0.15) is 0 Å². The Morgan fingerprint density at radius 2 is 1.85 bits per heavy atom. The summed E-state index contributed by atoms with van der Waals surface area (Å²) in [5.74, 6) is -0.00388. The molecule has 1 aliphatic rings. The molecular formula is C22H23N3O. The van der Waals surface area contributed by atoms with Gasteiger partial charge in [-0.05, 0) is 60.1 Å². The molecular weight excluding hydrogens is 322 g/mol. The fourth-order valence-corrected chi connectivity index (χ4v) is 3.61. The summed E-state index contributed by atoms with van der Waals surface area (Å²) in [5, 5.41) is 3.08. The van der Waals surface area contributed by atoms with Crippen molar-refractivity contribution in [3.05, 3.63) is 89.0 Å². The van der Waals surface area contributed by atoms with Crippen LogP contribution in [-0.2, 0) is 25.9 Å². The molecule has 2 aromatic carbocycles. The molecule has 0 spiro atoms. The zero-order valence-electron chi connectivity index (χ0n) is 14.8. The summed E-state index contributed by atoms with van der Waals surface area (Å²) in [6.07, 6.45) is 10.2. The number of hydrogen-bond acceptors (Lipinski definition) is 2. The number of aryl methyl sites for hydroxylation is 2. The monoisotopic (exact) mass is 345 g/mol. The van der Waals surface area contributed by atoms with Crippen LogP contribution in [0.15, 0.2) is 61.2 Å². The maximum atomic E-state index is 12.6.